The Balaban J connectivity index is 1.97. The van der Waals surface area contributed by atoms with E-state index >= 15 is 0 Å². The summed E-state index contributed by atoms with van der Waals surface area (Å²) in [6.07, 6.45) is 1.29. The van der Waals surface area contributed by atoms with Gasteiger partial charge in [0.2, 0.25) is 11.8 Å². The van der Waals surface area contributed by atoms with Crippen molar-refractivity contribution >= 4 is 27.5 Å². The molecule has 0 radical (unpaired) electrons. The Bertz CT molecular complexity index is 1340. The molecule has 2 amide bonds. The third kappa shape index (κ3) is 7.94. The lowest BCUT2D eigenvalue weighted by molar-refractivity contribution is -0.139. The van der Waals surface area contributed by atoms with Crippen LogP contribution in [0.5, 0.6) is 0 Å². The quantitative estimate of drug-likeness (QED) is 0.303. The van der Waals surface area contributed by atoms with Crippen LogP contribution in [0.25, 0.3) is 0 Å². The fraction of sp³-hybridized carbons (Fsp3) is 0.375. The molecule has 1 N–H and O–H groups in total. The van der Waals surface area contributed by atoms with E-state index < -0.39 is 28.5 Å². The van der Waals surface area contributed by atoms with Gasteiger partial charge in [-0.25, -0.2) is 8.42 Å². The number of nitrogens with one attached hydrogen (secondary N) is 1. The van der Waals surface area contributed by atoms with Crippen molar-refractivity contribution in [2.75, 3.05) is 17.4 Å². The first-order valence-electron chi connectivity index (χ1n) is 13.9. The summed E-state index contributed by atoms with van der Waals surface area (Å²) in [4.78, 5) is 28.6. The normalized spacial score (nSPS) is 12.9. The number of anilines is 1. The van der Waals surface area contributed by atoms with E-state index in [2.05, 4.69) is 19.2 Å². The number of benzene rings is 3. The molecular formula is C32H41N3O4S. The van der Waals surface area contributed by atoms with Crippen molar-refractivity contribution < 1.29 is 18.0 Å². The number of nitrogens with zero attached hydrogens (tertiary/aromatic N) is 2. The summed E-state index contributed by atoms with van der Waals surface area (Å²) in [7, 11) is -4.07. The summed E-state index contributed by atoms with van der Waals surface area (Å²) >= 11 is 0. The molecule has 8 heteroatoms. The van der Waals surface area contributed by atoms with Crippen molar-refractivity contribution in [3.8, 4) is 0 Å². The smallest absolute Gasteiger partial charge is 0.264 e. The molecule has 0 fully saturated rings. The van der Waals surface area contributed by atoms with Gasteiger partial charge in [0.05, 0.1) is 10.6 Å². The summed E-state index contributed by atoms with van der Waals surface area (Å²) in [6.45, 7) is 9.53. The molecule has 0 aromatic heterocycles. The predicted molar refractivity (Wildman–Crippen MR) is 161 cm³/mol. The van der Waals surface area contributed by atoms with Gasteiger partial charge in [0.1, 0.15) is 12.6 Å². The highest BCUT2D eigenvalue weighted by Crippen LogP contribution is 2.26. The Hall–Kier alpha value is -3.65. The van der Waals surface area contributed by atoms with Gasteiger partial charge in [-0.15, -0.1) is 0 Å². The van der Waals surface area contributed by atoms with Gasteiger partial charge in [-0.3, -0.25) is 13.9 Å². The zero-order valence-electron chi connectivity index (χ0n) is 24.1. The van der Waals surface area contributed by atoms with Crippen molar-refractivity contribution in [3.63, 3.8) is 0 Å². The molecule has 3 aromatic rings. The molecule has 0 aliphatic rings. The molecule has 0 aliphatic heterocycles. The first kappa shape index (κ1) is 30.9. The summed E-state index contributed by atoms with van der Waals surface area (Å²) in [5.74, 6) is -0.446. The Morgan fingerprint density at radius 3 is 1.95 bits per heavy atom. The van der Waals surface area contributed by atoms with E-state index in [9.17, 15) is 18.0 Å². The van der Waals surface area contributed by atoms with Gasteiger partial charge in [0.25, 0.3) is 10.0 Å². The number of carbonyl (C=O) groups excluding carboxylic acids is 2. The van der Waals surface area contributed by atoms with Crippen LogP contribution in [-0.4, -0.2) is 50.3 Å². The highest BCUT2D eigenvalue weighted by Gasteiger charge is 2.32. The summed E-state index contributed by atoms with van der Waals surface area (Å²) in [5.41, 5.74) is 2.47. The molecular weight excluding hydrogens is 522 g/mol. The Morgan fingerprint density at radius 1 is 0.825 bits per heavy atom. The third-order valence-electron chi connectivity index (χ3n) is 7.11. The number of sulfonamides is 1. The predicted octanol–water partition coefficient (Wildman–Crippen LogP) is 5.38. The minimum absolute atomic E-state index is 0.0459. The average Bonchev–Trinajstić information content (AvgIpc) is 2.96. The van der Waals surface area contributed by atoms with E-state index in [0.717, 1.165) is 21.9 Å². The number of hydrogen-bond donors (Lipinski definition) is 1. The molecule has 3 aromatic carbocycles. The van der Waals surface area contributed by atoms with Crippen LogP contribution in [0.2, 0.25) is 0 Å². The molecule has 2 atom stereocenters. The SMILES string of the molecule is CC[C@@H](C)NC(=O)[C@@H](C)N(CCc1ccccc1)C(=O)CN(c1ccc(C(C)C)cc1)S(=O)(=O)c1ccccc1. The van der Waals surface area contributed by atoms with Crippen LogP contribution in [0.15, 0.2) is 89.8 Å². The minimum atomic E-state index is -4.07. The van der Waals surface area contributed by atoms with Gasteiger partial charge in [-0.2, -0.15) is 0 Å². The van der Waals surface area contributed by atoms with Crippen LogP contribution in [0.3, 0.4) is 0 Å². The highest BCUT2D eigenvalue weighted by atomic mass is 32.2. The molecule has 0 heterocycles. The van der Waals surface area contributed by atoms with Crippen molar-refractivity contribution in [2.45, 2.75) is 70.4 Å². The second-order valence-electron chi connectivity index (χ2n) is 10.4. The van der Waals surface area contributed by atoms with Gasteiger partial charge in [0, 0.05) is 12.6 Å². The highest BCUT2D eigenvalue weighted by molar-refractivity contribution is 7.92. The minimum Gasteiger partial charge on any atom is -0.352 e. The Morgan fingerprint density at radius 2 is 1.40 bits per heavy atom. The van der Waals surface area contributed by atoms with Crippen LogP contribution in [0.4, 0.5) is 5.69 Å². The van der Waals surface area contributed by atoms with Gasteiger partial charge in [-0.1, -0.05) is 81.4 Å². The molecule has 0 saturated carbocycles. The molecule has 214 valence electrons. The summed E-state index contributed by atoms with van der Waals surface area (Å²) < 4.78 is 28.8. The number of hydrogen-bond acceptors (Lipinski definition) is 4. The maximum atomic E-state index is 13.9. The average molecular weight is 564 g/mol. The maximum Gasteiger partial charge on any atom is 0.264 e. The standard InChI is InChI=1S/C32H41N3O4S/c1-6-25(4)33-32(37)26(5)34(22-21-27-13-9-7-10-14-27)31(36)23-35(29-19-17-28(18-20-29)24(2)3)40(38,39)30-15-11-8-12-16-30/h7-20,24-26H,6,21-23H2,1-5H3,(H,33,37)/t25-,26-/m1/s1. The van der Waals surface area contributed by atoms with Crippen LogP contribution in [0, 0.1) is 0 Å². The molecule has 0 unspecified atom stereocenters. The Labute approximate surface area is 239 Å². The summed E-state index contributed by atoms with van der Waals surface area (Å²) in [5, 5.41) is 2.96. The van der Waals surface area contributed by atoms with Crippen LogP contribution < -0.4 is 9.62 Å². The number of amides is 2. The molecule has 3 rings (SSSR count). The summed E-state index contributed by atoms with van der Waals surface area (Å²) in [6, 6.07) is 24.2. The van der Waals surface area contributed by atoms with E-state index in [1.54, 1.807) is 37.3 Å². The number of carbonyl (C=O) groups is 2. The second-order valence-corrected chi connectivity index (χ2v) is 12.2. The van der Waals surface area contributed by atoms with Gasteiger partial charge in [0.15, 0.2) is 0 Å². The van der Waals surface area contributed by atoms with Crippen molar-refractivity contribution in [2.24, 2.45) is 0 Å². The first-order valence-corrected chi connectivity index (χ1v) is 15.3. The lowest BCUT2D eigenvalue weighted by Gasteiger charge is -2.32. The van der Waals surface area contributed by atoms with Gasteiger partial charge < -0.3 is 10.2 Å². The lowest BCUT2D eigenvalue weighted by atomic mass is 10.0. The second kappa shape index (κ2) is 14.1. The maximum absolute atomic E-state index is 13.9. The zero-order valence-corrected chi connectivity index (χ0v) is 24.9. The van der Waals surface area contributed by atoms with Crippen LogP contribution >= 0.6 is 0 Å². The zero-order chi connectivity index (χ0) is 29.3. The van der Waals surface area contributed by atoms with E-state index in [0.29, 0.717) is 12.1 Å². The van der Waals surface area contributed by atoms with Crippen molar-refractivity contribution in [3.05, 3.63) is 96.1 Å². The van der Waals surface area contributed by atoms with E-state index in [1.165, 1.54) is 17.0 Å². The molecule has 7 nitrogen and oxygen atoms in total. The van der Waals surface area contributed by atoms with Crippen molar-refractivity contribution in [1.29, 1.82) is 0 Å². The molecule has 0 spiro atoms. The molecule has 0 bridgehead atoms. The largest absolute Gasteiger partial charge is 0.352 e. The van der Waals surface area contributed by atoms with E-state index in [-0.39, 0.29) is 29.3 Å². The Kier molecular flexibility index (Phi) is 10.9. The monoisotopic (exact) mass is 563 g/mol. The molecule has 40 heavy (non-hydrogen) atoms. The van der Waals surface area contributed by atoms with Gasteiger partial charge in [-0.05, 0) is 68.0 Å². The molecule has 0 saturated heterocycles. The third-order valence-corrected chi connectivity index (χ3v) is 8.90. The van der Waals surface area contributed by atoms with E-state index in [1.807, 2.05) is 56.3 Å². The van der Waals surface area contributed by atoms with E-state index in [4.69, 9.17) is 0 Å². The number of rotatable bonds is 13. The van der Waals surface area contributed by atoms with Crippen molar-refractivity contribution in [1.82, 2.24) is 10.2 Å². The van der Waals surface area contributed by atoms with Gasteiger partial charge >= 0.3 is 0 Å². The fourth-order valence-corrected chi connectivity index (χ4v) is 5.74. The molecule has 0 aliphatic carbocycles. The van der Waals surface area contributed by atoms with Crippen LogP contribution in [-0.2, 0) is 26.0 Å². The topological polar surface area (TPSA) is 86.8 Å². The van der Waals surface area contributed by atoms with Crippen LogP contribution in [0.1, 0.15) is 58.1 Å². The first-order chi connectivity index (χ1) is 19.0. The fourth-order valence-electron chi connectivity index (χ4n) is 4.31. The lowest BCUT2D eigenvalue weighted by Crippen LogP contribution is -2.53.